The summed E-state index contributed by atoms with van der Waals surface area (Å²) in [6.07, 6.45) is 1.03. The number of esters is 1. The minimum Gasteiger partial charge on any atom is -0.460 e. The second-order valence-corrected chi connectivity index (χ2v) is 6.21. The lowest BCUT2D eigenvalue weighted by Crippen LogP contribution is -2.27. The van der Waals surface area contributed by atoms with Gasteiger partial charge in [-0.2, -0.15) is 0 Å². The lowest BCUT2D eigenvalue weighted by atomic mass is 9.93. The molecule has 1 aromatic carbocycles. The highest BCUT2D eigenvalue weighted by molar-refractivity contribution is 5.78. The Hall–Kier alpha value is -1.35. The molecular formula is C16H23NO2. The van der Waals surface area contributed by atoms with Crippen molar-refractivity contribution in [1.82, 2.24) is 5.32 Å². The third-order valence-corrected chi connectivity index (χ3v) is 3.38. The topological polar surface area (TPSA) is 38.3 Å². The van der Waals surface area contributed by atoms with Crippen molar-refractivity contribution in [2.75, 3.05) is 6.54 Å². The highest BCUT2D eigenvalue weighted by Crippen LogP contribution is 2.24. The maximum Gasteiger partial charge on any atom is 0.313 e. The molecule has 0 aliphatic carbocycles. The van der Waals surface area contributed by atoms with E-state index in [1.807, 2.05) is 33.8 Å². The fourth-order valence-corrected chi connectivity index (χ4v) is 2.29. The zero-order valence-electron chi connectivity index (χ0n) is 12.2. The Balaban J connectivity index is 2.15. The molecule has 1 unspecified atom stereocenters. The molecule has 1 aliphatic heterocycles. The summed E-state index contributed by atoms with van der Waals surface area (Å²) in [5.41, 5.74) is 3.32. The van der Waals surface area contributed by atoms with Crippen LogP contribution in [0.2, 0.25) is 0 Å². The predicted molar refractivity (Wildman–Crippen MR) is 76.1 cm³/mol. The molecule has 0 saturated heterocycles. The van der Waals surface area contributed by atoms with Crippen molar-refractivity contribution in [3.05, 3.63) is 34.9 Å². The molecule has 0 bridgehead atoms. The number of hydrogen-bond acceptors (Lipinski definition) is 3. The van der Waals surface area contributed by atoms with Crippen LogP contribution in [0.3, 0.4) is 0 Å². The summed E-state index contributed by atoms with van der Waals surface area (Å²) in [4.78, 5) is 12.1. The van der Waals surface area contributed by atoms with E-state index in [2.05, 4.69) is 17.4 Å². The number of hydrogen-bond donors (Lipinski definition) is 1. The Bertz CT molecular complexity index is 474. The van der Waals surface area contributed by atoms with Gasteiger partial charge in [0.05, 0.1) is 5.92 Å². The molecule has 0 saturated carbocycles. The van der Waals surface area contributed by atoms with E-state index in [0.29, 0.717) is 0 Å². The van der Waals surface area contributed by atoms with Crippen molar-refractivity contribution >= 4 is 5.97 Å². The van der Waals surface area contributed by atoms with Crippen LogP contribution >= 0.6 is 0 Å². The number of nitrogens with one attached hydrogen (secondary N) is 1. The highest BCUT2D eigenvalue weighted by Gasteiger charge is 2.23. The number of rotatable bonds is 2. The van der Waals surface area contributed by atoms with E-state index in [-0.39, 0.29) is 11.9 Å². The Morgan fingerprint density at radius 2 is 2.05 bits per heavy atom. The second kappa shape index (κ2) is 5.33. The lowest BCUT2D eigenvalue weighted by molar-refractivity contribution is -0.156. The standard InChI is InChI=1S/C16H23NO2/c1-11(15(18)19-16(2,3)4)12-5-6-14-10-17-8-7-13(14)9-12/h5-6,9,11,17H,7-8,10H2,1-4H3. The third-order valence-electron chi connectivity index (χ3n) is 3.38. The summed E-state index contributed by atoms with van der Waals surface area (Å²) in [6, 6.07) is 6.32. The van der Waals surface area contributed by atoms with E-state index in [9.17, 15) is 4.79 Å². The summed E-state index contributed by atoms with van der Waals surface area (Å²) in [6.45, 7) is 9.55. The molecule has 3 nitrogen and oxygen atoms in total. The van der Waals surface area contributed by atoms with E-state index in [4.69, 9.17) is 4.74 Å². The van der Waals surface area contributed by atoms with Crippen LogP contribution in [0.5, 0.6) is 0 Å². The van der Waals surface area contributed by atoms with Crippen molar-refractivity contribution in [3.8, 4) is 0 Å². The molecule has 104 valence electrons. The maximum atomic E-state index is 12.1. The summed E-state index contributed by atoms with van der Waals surface area (Å²) >= 11 is 0. The van der Waals surface area contributed by atoms with Crippen LogP contribution in [0.1, 0.15) is 50.3 Å². The number of fused-ring (bicyclic) bond motifs is 1. The molecule has 3 heteroatoms. The van der Waals surface area contributed by atoms with Gasteiger partial charge in [0, 0.05) is 6.54 Å². The first kappa shape index (κ1) is 14.1. The Morgan fingerprint density at radius 3 is 2.74 bits per heavy atom. The lowest BCUT2D eigenvalue weighted by Gasteiger charge is -2.23. The van der Waals surface area contributed by atoms with E-state index >= 15 is 0 Å². The van der Waals surface area contributed by atoms with E-state index in [1.54, 1.807) is 0 Å². The van der Waals surface area contributed by atoms with Gasteiger partial charge in [-0.3, -0.25) is 4.79 Å². The molecule has 0 amide bonds. The molecule has 0 spiro atoms. The van der Waals surface area contributed by atoms with E-state index < -0.39 is 5.60 Å². The van der Waals surface area contributed by atoms with Crippen molar-refractivity contribution in [2.24, 2.45) is 0 Å². The first-order valence-corrected chi connectivity index (χ1v) is 6.92. The zero-order valence-corrected chi connectivity index (χ0v) is 12.2. The first-order valence-electron chi connectivity index (χ1n) is 6.92. The number of ether oxygens (including phenoxy) is 1. The van der Waals surface area contributed by atoms with Gasteiger partial charge in [0.2, 0.25) is 0 Å². The maximum absolute atomic E-state index is 12.1. The molecule has 1 heterocycles. The molecule has 0 aromatic heterocycles. The summed E-state index contributed by atoms with van der Waals surface area (Å²) in [5, 5.41) is 3.35. The van der Waals surface area contributed by atoms with E-state index in [1.165, 1.54) is 11.1 Å². The normalized spacial score (nSPS) is 16.6. The minimum atomic E-state index is -0.427. The Morgan fingerprint density at radius 1 is 1.32 bits per heavy atom. The van der Waals surface area contributed by atoms with Crippen LogP contribution in [-0.2, 0) is 22.5 Å². The molecule has 1 N–H and O–H groups in total. The van der Waals surface area contributed by atoms with Crippen LogP contribution in [0.25, 0.3) is 0 Å². The smallest absolute Gasteiger partial charge is 0.313 e. The van der Waals surface area contributed by atoms with Crippen LogP contribution in [-0.4, -0.2) is 18.1 Å². The zero-order chi connectivity index (χ0) is 14.0. The molecular weight excluding hydrogens is 238 g/mol. The molecule has 2 rings (SSSR count). The van der Waals surface area contributed by atoms with Gasteiger partial charge in [-0.1, -0.05) is 18.2 Å². The molecule has 0 fully saturated rings. The predicted octanol–water partition coefficient (Wildman–Crippen LogP) is 2.78. The number of benzene rings is 1. The van der Waals surface area contributed by atoms with Crippen LogP contribution in [0.4, 0.5) is 0 Å². The van der Waals surface area contributed by atoms with Gasteiger partial charge in [-0.15, -0.1) is 0 Å². The van der Waals surface area contributed by atoms with Crippen molar-refractivity contribution in [2.45, 2.75) is 52.2 Å². The van der Waals surface area contributed by atoms with Crippen LogP contribution < -0.4 is 5.32 Å². The summed E-state index contributed by atoms with van der Waals surface area (Å²) in [5.74, 6) is -0.360. The Labute approximate surface area is 115 Å². The molecule has 19 heavy (non-hydrogen) atoms. The number of carbonyl (C=O) groups excluding carboxylic acids is 1. The fourth-order valence-electron chi connectivity index (χ4n) is 2.29. The summed E-state index contributed by atoms with van der Waals surface area (Å²) < 4.78 is 5.45. The van der Waals surface area contributed by atoms with Crippen molar-refractivity contribution in [1.29, 1.82) is 0 Å². The fraction of sp³-hybridized carbons (Fsp3) is 0.562. The van der Waals surface area contributed by atoms with Gasteiger partial charge in [-0.05, 0) is 57.4 Å². The second-order valence-electron chi connectivity index (χ2n) is 6.21. The molecule has 0 radical (unpaired) electrons. The van der Waals surface area contributed by atoms with E-state index in [0.717, 1.165) is 25.1 Å². The van der Waals surface area contributed by atoms with Crippen LogP contribution in [0.15, 0.2) is 18.2 Å². The average Bonchev–Trinajstić information content (AvgIpc) is 2.35. The monoisotopic (exact) mass is 261 g/mol. The average molecular weight is 261 g/mol. The molecule has 1 aliphatic rings. The van der Waals surface area contributed by atoms with Crippen LogP contribution in [0, 0.1) is 0 Å². The van der Waals surface area contributed by atoms with Gasteiger partial charge in [-0.25, -0.2) is 0 Å². The van der Waals surface area contributed by atoms with Gasteiger partial charge >= 0.3 is 5.97 Å². The highest BCUT2D eigenvalue weighted by atomic mass is 16.6. The molecule has 1 aromatic rings. The minimum absolute atomic E-state index is 0.151. The quantitative estimate of drug-likeness (QED) is 0.832. The van der Waals surface area contributed by atoms with Gasteiger partial charge in [0.25, 0.3) is 0 Å². The van der Waals surface area contributed by atoms with Gasteiger partial charge < -0.3 is 10.1 Å². The molecule has 1 atom stereocenters. The van der Waals surface area contributed by atoms with Crippen molar-refractivity contribution in [3.63, 3.8) is 0 Å². The van der Waals surface area contributed by atoms with Gasteiger partial charge in [0.1, 0.15) is 5.60 Å². The first-order chi connectivity index (χ1) is 8.87. The SMILES string of the molecule is CC(C(=O)OC(C)(C)C)c1ccc2c(c1)CCNC2. The third kappa shape index (κ3) is 3.57. The Kier molecular flexibility index (Phi) is 3.95. The van der Waals surface area contributed by atoms with Crippen molar-refractivity contribution < 1.29 is 9.53 Å². The summed E-state index contributed by atoms with van der Waals surface area (Å²) in [7, 11) is 0. The number of carbonyl (C=O) groups is 1. The largest absolute Gasteiger partial charge is 0.460 e. The van der Waals surface area contributed by atoms with Gasteiger partial charge in [0.15, 0.2) is 0 Å².